The van der Waals surface area contributed by atoms with E-state index >= 15 is 0 Å². The number of nitrogens with one attached hydrogen (secondary N) is 1. The van der Waals surface area contributed by atoms with Gasteiger partial charge in [0.1, 0.15) is 6.07 Å². The summed E-state index contributed by atoms with van der Waals surface area (Å²) < 4.78 is 6.28. The Morgan fingerprint density at radius 1 is 1.24 bits per heavy atom. The number of hydrogen-bond acceptors (Lipinski definition) is 6. The van der Waals surface area contributed by atoms with Crippen LogP contribution >= 0.6 is 11.6 Å². The van der Waals surface area contributed by atoms with Crippen molar-refractivity contribution in [3.05, 3.63) is 69.1 Å². The molecule has 0 saturated heterocycles. The number of aromatic nitrogens is 2. The van der Waals surface area contributed by atoms with E-state index in [1.165, 1.54) is 32.2 Å². The SMILES string of the molecule is C[C@@H](OC(=O)c1nn(C)c(=O)c2ccccc12)C(=O)Nc1ccc(C#N)c(Cl)c1. The van der Waals surface area contributed by atoms with Gasteiger partial charge in [0, 0.05) is 18.1 Å². The smallest absolute Gasteiger partial charge is 0.360 e. The molecule has 3 aromatic rings. The number of halogens is 1. The van der Waals surface area contributed by atoms with Crippen LogP contribution in [0.25, 0.3) is 10.8 Å². The Morgan fingerprint density at radius 3 is 2.59 bits per heavy atom. The highest BCUT2D eigenvalue weighted by atomic mass is 35.5. The third kappa shape index (κ3) is 4.10. The average Bonchev–Trinajstić information content (AvgIpc) is 2.70. The van der Waals surface area contributed by atoms with Crippen molar-refractivity contribution in [3.63, 3.8) is 0 Å². The predicted octanol–water partition coefficient (Wildman–Crippen LogP) is 2.64. The number of anilines is 1. The van der Waals surface area contributed by atoms with Crippen molar-refractivity contribution in [1.82, 2.24) is 9.78 Å². The van der Waals surface area contributed by atoms with Crippen LogP contribution in [0, 0.1) is 11.3 Å². The molecule has 0 spiro atoms. The van der Waals surface area contributed by atoms with Gasteiger partial charge in [-0.25, -0.2) is 9.48 Å². The number of nitrogens with zero attached hydrogens (tertiary/aromatic N) is 3. The predicted molar refractivity (Wildman–Crippen MR) is 107 cm³/mol. The van der Waals surface area contributed by atoms with E-state index in [2.05, 4.69) is 10.4 Å². The number of hydrogen-bond donors (Lipinski definition) is 1. The van der Waals surface area contributed by atoms with Crippen molar-refractivity contribution in [1.29, 1.82) is 5.26 Å². The molecule has 0 saturated carbocycles. The summed E-state index contributed by atoms with van der Waals surface area (Å²) in [7, 11) is 1.43. The van der Waals surface area contributed by atoms with Gasteiger partial charge in [0.05, 0.1) is 16.0 Å². The Labute approximate surface area is 170 Å². The molecule has 0 aliphatic rings. The van der Waals surface area contributed by atoms with Gasteiger partial charge in [-0.1, -0.05) is 29.8 Å². The monoisotopic (exact) mass is 410 g/mol. The van der Waals surface area contributed by atoms with E-state index in [1.807, 2.05) is 6.07 Å². The third-order valence-electron chi connectivity index (χ3n) is 4.16. The molecule has 1 amide bonds. The van der Waals surface area contributed by atoms with Crippen molar-refractivity contribution in [2.45, 2.75) is 13.0 Å². The molecule has 29 heavy (non-hydrogen) atoms. The van der Waals surface area contributed by atoms with E-state index in [4.69, 9.17) is 21.6 Å². The van der Waals surface area contributed by atoms with Crippen LogP contribution in [-0.2, 0) is 16.6 Å². The summed E-state index contributed by atoms with van der Waals surface area (Å²) in [6, 6.07) is 12.8. The fourth-order valence-electron chi connectivity index (χ4n) is 2.65. The van der Waals surface area contributed by atoms with Gasteiger partial charge in [-0.15, -0.1) is 0 Å². The second-order valence-electron chi connectivity index (χ2n) is 6.17. The summed E-state index contributed by atoms with van der Waals surface area (Å²) in [5.74, 6) is -1.43. The van der Waals surface area contributed by atoms with Crippen LogP contribution in [-0.4, -0.2) is 27.8 Å². The molecule has 0 bridgehead atoms. The molecule has 0 fully saturated rings. The summed E-state index contributed by atoms with van der Waals surface area (Å²) in [6.07, 6.45) is -1.14. The lowest BCUT2D eigenvalue weighted by atomic mass is 10.1. The Balaban J connectivity index is 1.79. The van der Waals surface area contributed by atoms with Gasteiger partial charge in [0.25, 0.3) is 11.5 Å². The number of rotatable bonds is 4. The van der Waals surface area contributed by atoms with E-state index < -0.39 is 18.0 Å². The number of amides is 1. The van der Waals surface area contributed by atoms with E-state index in [9.17, 15) is 14.4 Å². The van der Waals surface area contributed by atoms with Crippen molar-refractivity contribution < 1.29 is 14.3 Å². The Hall–Kier alpha value is -3.70. The van der Waals surface area contributed by atoms with Gasteiger partial charge in [0.2, 0.25) is 0 Å². The molecule has 0 radical (unpaired) electrons. The number of fused-ring (bicyclic) bond motifs is 1. The number of esters is 1. The van der Waals surface area contributed by atoms with Crippen LogP contribution in [0.1, 0.15) is 23.0 Å². The second-order valence-corrected chi connectivity index (χ2v) is 6.57. The highest BCUT2D eigenvalue weighted by molar-refractivity contribution is 6.32. The van der Waals surface area contributed by atoms with Crippen LogP contribution in [0.5, 0.6) is 0 Å². The first kappa shape index (κ1) is 20.0. The van der Waals surface area contributed by atoms with E-state index in [0.29, 0.717) is 16.5 Å². The first-order chi connectivity index (χ1) is 13.8. The molecule has 3 rings (SSSR count). The van der Waals surface area contributed by atoms with Crippen LogP contribution in [0.2, 0.25) is 5.02 Å². The fraction of sp³-hybridized carbons (Fsp3) is 0.150. The lowest BCUT2D eigenvalue weighted by Crippen LogP contribution is -2.31. The highest BCUT2D eigenvalue weighted by Gasteiger charge is 2.23. The van der Waals surface area contributed by atoms with Gasteiger partial charge < -0.3 is 10.1 Å². The van der Waals surface area contributed by atoms with Gasteiger partial charge in [-0.05, 0) is 31.2 Å². The normalized spacial score (nSPS) is 11.5. The molecule has 8 nitrogen and oxygen atoms in total. The number of benzene rings is 2. The van der Waals surface area contributed by atoms with Crippen LogP contribution in [0.4, 0.5) is 5.69 Å². The number of nitriles is 1. The minimum Gasteiger partial charge on any atom is -0.448 e. The maximum absolute atomic E-state index is 12.6. The average molecular weight is 411 g/mol. The van der Waals surface area contributed by atoms with Crippen LogP contribution in [0.15, 0.2) is 47.3 Å². The van der Waals surface area contributed by atoms with Crippen LogP contribution < -0.4 is 10.9 Å². The van der Waals surface area contributed by atoms with E-state index in [-0.39, 0.29) is 21.8 Å². The zero-order chi connectivity index (χ0) is 21.1. The summed E-state index contributed by atoms with van der Waals surface area (Å²) in [5.41, 5.74) is 0.216. The minimum absolute atomic E-state index is 0.0660. The Kier molecular flexibility index (Phi) is 5.61. The molecule has 9 heteroatoms. The summed E-state index contributed by atoms with van der Waals surface area (Å²) in [4.78, 5) is 37.1. The lowest BCUT2D eigenvalue weighted by Gasteiger charge is -2.14. The first-order valence-corrected chi connectivity index (χ1v) is 8.87. The fourth-order valence-corrected chi connectivity index (χ4v) is 2.87. The molecular weight excluding hydrogens is 396 g/mol. The molecule has 0 aliphatic heterocycles. The number of ether oxygens (including phenoxy) is 1. The molecule has 146 valence electrons. The highest BCUT2D eigenvalue weighted by Crippen LogP contribution is 2.21. The molecule has 2 aromatic carbocycles. The summed E-state index contributed by atoms with van der Waals surface area (Å²) in [6.45, 7) is 1.41. The quantitative estimate of drug-likeness (QED) is 0.661. The summed E-state index contributed by atoms with van der Waals surface area (Å²) in [5, 5.41) is 16.3. The van der Waals surface area contributed by atoms with E-state index in [1.54, 1.807) is 24.3 Å². The zero-order valence-electron chi connectivity index (χ0n) is 15.5. The van der Waals surface area contributed by atoms with Gasteiger partial charge >= 0.3 is 5.97 Å². The van der Waals surface area contributed by atoms with Gasteiger partial charge in [-0.3, -0.25) is 9.59 Å². The molecule has 1 N–H and O–H groups in total. The molecule has 1 aromatic heterocycles. The topological polar surface area (TPSA) is 114 Å². The van der Waals surface area contributed by atoms with E-state index in [0.717, 1.165) is 4.68 Å². The van der Waals surface area contributed by atoms with Crippen molar-refractivity contribution >= 4 is 39.9 Å². The largest absolute Gasteiger partial charge is 0.448 e. The van der Waals surface area contributed by atoms with Gasteiger partial charge in [-0.2, -0.15) is 10.4 Å². The molecule has 1 heterocycles. The Bertz CT molecular complexity index is 1230. The molecule has 0 aliphatic carbocycles. The minimum atomic E-state index is -1.14. The second kappa shape index (κ2) is 8.12. The molecule has 1 atom stereocenters. The Morgan fingerprint density at radius 2 is 1.93 bits per heavy atom. The van der Waals surface area contributed by atoms with Gasteiger partial charge in [0.15, 0.2) is 11.8 Å². The van der Waals surface area contributed by atoms with Crippen molar-refractivity contribution in [2.24, 2.45) is 7.05 Å². The molecular formula is C20H15ClN4O4. The first-order valence-electron chi connectivity index (χ1n) is 8.49. The van der Waals surface area contributed by atoms with Crippen LogP contribution in [0.3, 0.4) is 0 Å². The standard InChI is InChI=1S/C20H15ClN4O4/c1-11(18(26)23-13-8-7-12(10-22)16(21)9-13)29-20(28)17-14-5-3-4-6-15(14)19(27)25(2)24-17/h3-9,11H,1-2H3,(H,23,26)/t11-/m1/s1. The third-order valence-corrected chi connectivity index (χ3v) is 4.47. The van der Waals surface area contributed by atoms with Crippen molar-refractivity contribution in [3.8, 4) is 6.07 Å². The summed E-state index contributed by atoms with van der Waals surface area (Å²) >= 11 is 5.94. The van der Waals surface area contributed by atoms with Crippen molar-refractivity contribution in [2.75, 3.05) is 5.32 Å². The number of carbonyl (C=O) groups is 2. The maximum Gasteiger partial charge on any atom is 0.360 e. The number of aryl methyl sites for hydroxylation is 1. The zero-order valence-corrected chi connectivity index (χ0v) is 16.2. The maximum atomic E-state index is 12.6. The lowest BCUT2D eigenvalue weighted by molar-refractivity contribution is -0.123. The molecule has 0 unspecified atom stereocenters. The number of carbonyl (C=O) groups excluding carboxylic acids is 2.